The second-order valence-electron chi connectivity index (χ2n) is 6.96. The van der Waals surface area contributed by atoms with E-state index in [2.05, 4.69) is 16.0 Å². The smallest absolute Gasteiger partial charge is 0.226 e. The van der Waals surface area contributed by atoms with Gasteiger partial charge >= 0.3 is 0 Å². The summed E-state index contributed by atoms with van der Waals surface area (Å²) in [5, 5.41) is 10.2. The van der Waals surface area contributed by atoms with Crippen LogP contribution in [-0.4, -0.2) is 50.8 Å². The first-order chi connectivity index (χ1) is 10.0. The van der Waals surface area contributed by atoms with Gasteiger partial charge in [-0.2, -0.15) is 0 Å². The first kappa shape index (κ1) is 16.7. The van der Waals surface area contributed by atoms with E-state index in [0.29, 0.717) is 24.5 Å². The molecule has 1 saturated carbocycles. The van der Waals surface area contributed by atoms with Crippen LogP contribution < -0.4 is 16.0 Å². The Morgan fingerprint density at radius 2 is 2.19 bits per heavy atom. The Labute approximate surface area is 128 Å². The topological polar surface area (TPSA) is 62.4 Å². The van der Waals surface area contributed by atoms with Crippen molar-refractivity contribution in [1.29, 1.82) is 0 Å². The lowest BCUT2D eigenvalue weighted by atomic mass is 9.89. The molecule has 3 unspecified atom stereocenters. The molecule has 1 saturated heterocycles. The number of amides is 1. The van der Waals surface area contributed by atoms with E-state index in [1.165, 1.54) is 19.3 Å². The minimum absolute atomic E-state index is 0.131. The Hall–Kier alpha value is -0.650. The maximum atomic E-state index is 12.1. The minimum atomic E-state index is -0.361. The van der Waals surface area contributed by atoms with Crippen molar-refractivity contribution in [1.82, 2.24) is 16.0 Å². The summed E-state index contributed by atoms with van der Waals surface area (Å²) in [7, 11) is 0. The highest BCUT2D eigenvalue weighted by Gasteiger charge is 2.36. The van der Waals surface area contributed by atoms with Gasteiger partial charge in [0.05, 0.1) is 18.6 Å². The fourth-order valence-electron chi connectivity index (χ4n) is 3.45. The molecule has 2 aliphatic rings. The van der Waals surface area contributed by atoms with Gasteiger partial charge in [0.25, 0.3) is 0 Å². The average molecular weight is 297 g/mol. The summed E-state index contributed by atoms with van der Waals surface area (Å²) in [5.74, 6) is 0.751. The molecule has 1 heterocycles. The number of ether oxygens (including phenoxy) is 1. The van der Waals surface area contributed by atoms with Gasteiger partial charge in [0.2, 0.25) is 5.91 Å². The highest BCUT2D eigenvalue weighted by molar-refractivity contribution is 5.81. The lowest BCUT2D eigenvalue weighted by Gasteiger charge is -2.34. The predicted octanol–water partition coefficient (Wildman–Crippen LogP) is 0.895. The first-order valence-electron chi connectivity index (χ1n) is 8.37. The summed E-state index contributed by atoms with van der Waals surface area (Å²) in [6.45, 7) is 10.0. The van der Waals surface area contributed by atoms with Crippen molar-refractivity contribution in [3.63, 3.8) is 0 Å². The summed E-state index contributed by atoms with van der Waals surface area (Å²) in [6, 6.07) is 0.962. The maximum Gasteiger partial charge on any atom is 0.226 e. The summed E-state index contributed by atoms with van der Waals surface area (Å²) >= 11 is 0. The minimum Gasteiger partial charge on any atom is -0.379 e. The predicted molar refractivity (Wildman–Crippen MR) is 84.2 cm³/mol. The molecular formula is C16H31N3O2. The SMILES string of the molecule is CCNC(=O)C(C)(C)CNC1CCCC1C1COCCN1. The molecule has 3 N–H and O–H groups in total. The summed E-state index contributed by atoms with van der Waals surface area (Å²) in [4.78, 5) is 12.1. The van der Waals surface area contributed by atoms with Gasteiger partial charge in [-0.25, -0.2) is 0 Å². The monoisotopic (exact) mass is 297 g/mol. The number of carbonyl (C=O) groups is 1. The van der Waals surface area contributed by atoms with Crippen LogP contribution in [0.1, 0.15) is 40.0 Å². The molecule has 5 nitrogen and oxygen atoms in total. The second kappa shape index (κ2) is 7.56. The molecular weight excluding hydrogens is 266 g/mol. The van der Waals surface area contributed by atoms with E-state index in [1.807, 2.05) is 20.8 Å². The summed E-state index contributed by atoms with van der Waals surface area (Å²) in [5.41, 5.74) is -0.361. The molecule has 1 aliphatic heterocycles. The molecule has 2 fully saturated rings. The molecule has 0 aromatic heterocycles. The van der Waals surface area contributed by atoms with Crippen molar-refractivity contribution in [2.24, 2.45) is 11.3 Å². The van der Waals surface area contributed by atoms with E-state index >= 15 is 0 Å². The zero-order valence-corrected chi connectivity index (χ0v) is 13.7. The zero-order valence-electron chi connectivity index (χ0n) is 13.7. The molecule has 1 amide bonds. The van der Waals surface area contributed by atoms with Crippen molar-refractivity contribution in [2.75, 3.05) is 32.8 Å². The van der Waals surface area contributed by atoms with E-state index in [4.69, 9.17) is 4.74 Å². The summed E-state index contributed by atoms with van der Waals surface area (Å²) in [6.07, 6.45) is 3.72. The quantitative estimate of drug-likeness (QED) is 0.681. The molecule has 2 rings (SSSR count). The van der Waals surface area contributed by atoms with Crippen LogP contribution in [-0.2, 0) is 9.53 Å². The van der Waals surface area contributed by atoms with Gasteiger partial charge in [-0.1, -0.05) is 6.42 Å². The van der Waals surface area contributed by atoms with Gasteiger partial charge in [-0.05, 0) is 39.5 Å². The highest BCUT2D eigenvalue weighted by Crippen LogP contribution is 2.30. The fourth-order valence-corrected chi connectivity index (χ4v) is 3.45. The number of carbonyl (C=O) groups excluding carboxylic acids is 1. The summed E-state index contributed by atoms with van der Waals surface area (Å²) < 4.78 is 5.60. The number of hydrogen-bond donors (Lipinski definition) is 3. The van der Waals surface area contributed by atoms with E-state index in [0.717, 1.165) is 26.3 Å². The third-order valence-electron chi connectivity index (χ3n) is 4.79. The van der Waals surface area contributed by atoms with Crippen LogP contribution in [0.4, 0.5) is 0 Å². The van der Waals surface area contributed by atoms with Crippen molar-refractivity contribution in [3.05, 3.63) is 0 Å². The van der Waals surface area contributed by atoms with Crippen LogP contribution in [0.2, 0.25) is 0 Å². The van der Waals surface area contributed by atoms with Crippen LogP contribution in [0.3, 0.4) is 0 Å². The van der Waals surface area contributed by atoms with Gasteiger partial charge in [0.1, 0.15) is 0 Å². The molecule has 0 spiro atoms. The van der Waals surface area contributed by atoms with Gasteiger partial charge in [0.15, 0.2) is 0 Å². The lowest BCUT2D eigenvalue weighted by molar-refractivity contribution is -0.129. The highest BCUT2D eigenvalue weighted by atomic mass is 16.5. The van der Waals surface area contributed by atoms with Crippen molar-refractivity contribution >= 4 is 5.91 Å². The average Bonchev–Trinajstić information content (AvgIpc) is 2.95. The number of nitrogens with one attached hydrogen (secondary N) is 3. The van der Waals surface area contributed by atoms with Crippen molar-refractivity contribution in [2.45, 2.75) is 52.1 Å². The van der Waals surface area contributed by atoms with Crippen LogP contribution >= 0.6 is 0 Å². The van der Waals surface area contributed by atoms with Crippen molar-refractivity contribution < 1.29 is 9.53 Å². The Kier molecular flexibility index (Phi) is 6.02. The first-order valence-corrected chi connectivity index (χ1v) is 8.37. The van der Waals surface area contributed by atoms with Gasteiger partial charge in [-0.3, -0.25) is 4.79 Å². The van der Waals surface area contributed by atoms with E-state index in [9.17, 15) is 4.79 Å². The van der Waals surface area contributed by atoms with E-state index in [-0.39, 0.29) is 11.3 Å². The standard InChI is InChI=1S/C16H31N3O2/c1-4-17-15(20)16(2,3)11-19-13-7-5-6-12(13)14-10-21-9-8-18-14/h12-14,18-19H,4-11H2,1-3H3,(H,17,20). The van der Waals surface area contributed by atoms with Crippen LogP contribution in [0, 0.1) is 11.3 Å². The molecule has 0 aromatic rings. The van der Waals surface area contributed by atoms with Gasteiger partial charge < -0.3 is 20.7 Å². The van der Waals surface area contributed by atoms with Crippen LogP contribution in [0.25, 0.3) is 0 Å². The molecule has 0 aromatic carbocycles. The van der Waals surface area contributed by atoms with E-state index in [1.54, 1.807) is 0 Å². The molecule has 1 aliphatic carbocycles. The van der Waals surface area contributed by atoms with Gasteiger partial charge in [-0.15, -0.1) is 0 Å². The number of hydrogen-bond acceptors (Lipinski definition) is 4. The number of rotatable bonds is 6. The Balaban J connectivity index is 1.84. The van der Waals surface area contributed by atoms with E-state index < -0.39 is 0 Å². The number of morpholine rings is 1. The zero-order chi connectivity index (χ0) is 15.3. The normalized spacial score (nSPS) is 30.3. The molecule has 3 atom stereocenters. The third kappa shape index (κ3) is 4.41. The molecule has 122 valence electrons. The fraction of sp³-hybridized carbons (Fsp3) is 0.938. The van der Waals surface area contributed by atoms with Crippen LogP contribution in [0.15, 0.2) is 0 Å². The van der Waals surface area contributed by atoms with Gasteiger partial charge in [0, 0.05) is 31.7 Å². The lowest BCUT2D eigenvalue weighted by Crippen LogP contribution is -2.53. The Bertz CT molecular complexity index is 340. The largest absolute Gasteiger partial charge is 0.379 e. The van der Waals surface area contributed by atoms with Crippen molar-refractivity contribution in [3.8, 4) is 0 Å². The third-order valence-corrected chi connectivity index (χ3v) is 4.79. The Morgan fingerprint density at radius 1 is 1.38 bits per heavy atom. The van der Waals surface area contributed by atoms with Crippen LogP contribution in [0.5, 0.6) is 0 Å². The Morgan fingerprint density at radius 3 is 2.86 bits per heavy atom. The molecule has 0 bridgehead atoms. The molecule has 0 radical (unpaired) electrons. The second-order valence-corrected chi connectivity index (χ2v) is 6.96. The molecule has 5 heteroatoms. The molecule has 21 heavy (non-hydrogen) atoms. The maximum absolute atomic E-state index is 12.1.